The van der Waals surface area contributed by atoms with Gasteiger partial charge in [0.15, 0.2) is 0 Å². The molecule has 0 bridgehead atoms. The summed E-state index contributed by atoms with van der Waals surface area (Å²) in [6.07, 6.45) is 4.52. The molecule has 0 radical (unpaired) electrons. The van der Waals surface area contributed by atoms with E-state index in [-0.39, 0.29) is 18.4 Å². The van der Waals surface area contributed by atoms with Crippen molar-refractivity contribution in [1.82, 2.24) is 5.32 Å². The van der Waals surface area contributed by atoms with Gasteiger partial charge in [0.25, 0.3) is 5.91 Å². The van der Waals surface area contributed by atoms with Crippen LogP contribution in [0.15, 0.2) is 41.0 Å². The standard InChI is InChI=1S/C22H31N3O4/c1-4-6-12-25(15-18-8-7-13-29-18)20-10-9-17(24-21(26)16-28-3)14-19(20)22(27)23-11-5-2/h7-10,13-14H,4-6,11-12,15-16H2,1-3H3,(H,23,27)(H,24,26). The molecule has 2 N–H and O–H groups in total. The number of anilines is 2. The molecule has 0 saturated carbocycles. The minimum atomic E-state index is -0.265. The van der Waals surface area contributed by atoms with Crippen molar-refractivity contribution in [3.05, 3.63) is 47.9 Å². The quantitative estimate of drug-likeness (QED) is 0.565. The zero-order chi connectivity index (χ0) is 21.1. The van der Waals surface area contributed by atoms with Crippen LogP contribution < -0.4 is 15.5 Å². The van der Waals surface area contributed by atoms with Crippen molar-refractivity contribution in [1.29, 1.82) is 0 Å². The highest BCUT2D eigenvalue weighted by Gasteiger charge is 2.19. The maximum Gasteiger partial charge on any atom is 0.253 e. The van der Waals surface area contributed by atoms with Gasteiger partial charge in [0.1, 0.15) is 12.4 Å². The second kappa shape index (κ2) is 11.9. The summed E-state index contributed by atoms with van der Waals surface area (Å²) in [7, 11) is 1.46. The average molecular weight is 402 g/mol. The smallest absolute Gasteiger partial charge is 0.253 e. The van der Waals surface area contributed by atoms with E-state index in [2.05, 4.69) is 22.5 Å². The van der Waals surface area contributed by atoms with Crippen LogP contribution in [-0.2, 0) is 16.1 Å². The highest BCUT2D eigenvalue weighted by Crippen LogP contribution is 2.27. The van der Waals surface area contributed by atoms with E-state index in [1.165, 1.54) is 7.11 Å². The van der Waals surface area contributed by atoms with Crippen LogP contribution in [0.1, 0.15) is 49.2 Å². The van der Waals surface area contributed by atoms with Crippen molar-refractivity contribution in [2.75, 3.05) is 37.0 Å². The normalized spacial score (nSPS) is 10.6. The summed E-state index contributed by atoms with van der Waals surface area (Å²) in [5.41, 5.74) is 1.90. The Labute approximate surface area is 172 Å². The Balaban J connectivity index is 2.36. The van der Waals surface area contributed by atoms with Gasteiger partial charge in [-0.2, -0.15) is 0 Å². The van der Waals surface area contributed by atoms with Crippen LogP contribution in [0.3, 0.4) is 0 Å². The van der Waals surface area contributed by atoms with Crippen LogP contribution in [0.25, 0.3) is 0 Å². The first kappa shape index (κ1) is 22.5. The van der Waals surface area contributed by atoms with E-state index < -0.39 is 0 Å². The molecule has 0 aliphatic carbocycles. The minimum Gasteiger partial charge on any atom is -0.467 e. The number of nitrogens with one attached hydrogen (secondary N) is 2. The fourth-order valence-electron chi connectivity index (χ4n) is 2.96. The summed E-state index contributed by atoms with van der Waals surface area (Å²) in [5, 5.41) is 5.71. The topological polar surface area (TPSA) is 83.8 Å². The fourth-order valence-corrected chi connectivity index (χ4v) is 2.96. The minimum absolute atomic E-state index is 0.0414. The Bertz CT molecular complexity index is 774. The predicted octanol–water partition coefficient (Wildman–Crippen LogP) is 3.81. The van der Waals surface area contributed by atoms with Gasteiger partial charge >= 0.3 is 0 Å². The third-order valence-electron chi connectivity index (χ3n) is 4.38. The zero-order valence-corrected chi connectivity index (χ0v) is 17.5. The first-order valence-electron chi connectivity index (χ1n) is 10.1. The lowest BCUT2D eigenvalue weighted by molar-refractivity contribution is -0.119. The molecule has 0 spiro atoms. The summed E-state index contributed by atoms with van der Waals surface area (Å²) < 4.78 is 10.4. The molecule has 1 aromatic carbocycles. The van der Waals surface area contributed by atoms with E-state index in [9.17, 15) is 9.59 Å². The molecule has 0 aliphatic rings. The molecule has 0 atom stereocenters. The lowest BCUT2D eigenvalue weighted by Gasteiger charge is -2.26. The van der Waals surface area contributed by atoms with Crippen molar-refractivity contribution in [2.45, 2.75) is 39.7 Å². The van der Waals surface area contributed by atoms with E-state index in [1.807, 2.05) is 25.1 Å². The molecule has 7 nitrogen and oxygen atoms in total. The van der Waals surface area contributed by atoms with E-state index in [1.54, 1.807) is 18.4 Å². The number of furan rings is 1. The number of hydrogen-bond acceptors (Lipinski definition) is 5. The number of unbranched alkanes of at least 4 members (excludes halogenated alkanes) is 1. The molecule has 7 heteroatoms. The molecular formula is C22H31N3O4. The van der Waals surface area contributed by atoms with Crippen molar-refractivity contribution < 1.29 is 18.7 Å². The van der Waals surface area contributed by atoms with Gasteiger partial charge in [-0.05, 0) is 43.2 Å². The molecule has 2 amide bonds. The van der Waals surface area contributed by atoms with Gasteiger partial charge in [-0.15, -0.1) is 0 Å². The molecule has 1 aromatic heterocycles. The summed E-state index contributed by atoms with van der Waals surface area (Å²) in [5.74, 6) is 0.405. The van der Waals surface area contributed by atoms with Gasteiger partial charge in [0.05, 0.1) is 24.1 Å². The Hall–Kier alpha value is -2.80. The van der Waals surface area contributed by atoms with Gasteiger partial charge in [-0.1, -0.05) is 20.3 Å². The monoisotopic (exact) mass is 401 g/mol. The summed E-state index contributed by atoms with van der Waals surface area (Å²) in [6.45, 7) is 6.05. The molecule has 1 heterocycles. The Morgan fingerprint density at radius 1 is 1.17 bits per heavy atom. The Kier molecular flexibility index (Phi) is 9.24. The predicted molar refractivity (Wildman–Crippen MR) is 114 cm³/mol. The molecule has 0 fully saturated rings. The molecule has 0 saturated heterocycles. The number of hydrogen-bond donors (Lipinski definition) is 2. The third kappa shape index (κ3) is 6.94. The second-order valence-electron chi connectivity index (χ2n) is 6.82. The van der Waals surface area contributed by atoms with Crippen molar-refractivity contribution in [3.8, 4) is 0 Å². The molecule has 158 valence electrons. The largest absolute Gasteiger partial charge is 0.467 e. The number of carbonyl (C=O) groups is 2. The maximum atomic E-state index is 12.9. The second-order valence-corrected chi connectivity index (χ2v) is 6.82. The Morgan fingerprint density at radius 3 is 2.66 bits per heavy atom. The number of benzene rings is 1. The van der Waals surface area contributed by atoms with Gasteiger partial charge in [0, 0.05) is 25.9 Å². The van der Waals surface area contributed by atoms with Crippen LogP contribution in [0.5, 0.6) is 0 Å². The summed E-state index contributed by atoms with van der Waals surface area (Å²) in [6, 6.07) is 9.18. The van der Waals surface area contributed by atoms with Crippen molar-refractivity contribution >= 4 is 23.2 Å². The van der Waals surface area contributed by atoms with Gasteiger partial charge < -0.3 is 24.7 Å². The molecule has 0 unspecified atom stereocenters. The van der Waals surface area contributed by atoms with Gasteiger partial charge in [-0.25, -0.2) is 0 Å². The van der Waals surface area contributed by atoms with E-state index in [4.69, 9.17) is 9.15 Å². The summed E-state index contributed by atoms with van der Waals surface area (Å²) >= 11 is 0. The van der Waals surface area contributed by atoms with Crippen LogP contribution in [-0.4, -0.2) is 38.6 Å². The SMILES string of the molecule is CCCCN(Cc1ccco1)c1ccc(NC(=O)COC)cc1C(=O)NCCC. The first-order valence-corrected chi connectivity index (χ1v) is 10.1. The molecule has 2 aromatic rings. The van der Waals surface area contributed by atoms with Gasteiger partial charge in [0.2, 0.25) is 5.91 Å². The fraction of sp³-hybridized carbons (Fsp3) is 0.455. The highest BCUT2D eigenvalue weighted by molar-refractivity contribution is 6.02. The number of ether oxygens (including phenoxy) is 1. The molecular weight excluding hydrogens is 370 g/mol. The van der Waals surface area contributed by atoms with E-state index >= 15 is 0 Å². The average Bonchev–Trinajstić information content (AvgIpc) is 3.22. The number of amides is 2. The Morgan fingerprint density at radius 2 is 2.00 bits per heavy atom. The van der Waals surface area contributed by atoms with Crippen LogP contribution in [0, 0.1) is 0 Å². The maximum absolute atomic E-state index is 12.9. The van der Waals surface area contributed by atoms with Crippen molar-refractivity contribution in [3.63, 3.8) is 0 Å². The van der Waals surface area contributed by atoms with Crippen LogP contribution >= 0.6 is 0 Å². The first-order chi connectivity index (χ1) is 14.1. The number of nitrogens with zero attached hydrogens (tertiary/aromatic N) is 1. The van der Waals surface area contributed by atoms with Gasteiger partial charge in [-0.3, -0.25) is 9.59 Å². The molecule has 0 aliphatic heterocycles. The third-order valence-corrected chi connectivity index (χ3v) is 4.38. The summed E-state index contributed by atoms with van der Waals surface area (Å²) in [4.78, 5) is 26.9. The van der Waals surface area contributed by atoms with E-state index in [0.717, 1.165) is 37.3 Å². The van der Waals surface area contributed by atoms with Crippen LogP contribution in [0.2, 0.25) is 0 Å². The van der Waals surface area contributed by atoms with Crippen LogP contribution in [0.4, 0.5) is 11.4 Å². The lowest BCUT2D eigenvalue weighted by atomic mass is 10.1. The molecule has 29 heavy (non-hydrogen) atoms. The molecule has 2 rings (SSSR count). The number of carbonyl (C=O) groups excluding carboxylic acids is 2. The van der Waals surface area contributed by atoms with Crippen molar-refractivity contribution in [2.24, 2.45) is 0 Å². The lowest BCUT2D eigenvalue weighted by Crippen LogP contribution is -2.30. The zero-order valence-electron chi connectivity index (χ0n) is 17.5. The number of methoxy groups -OCH3 is 1. The van der Waals surface area contributed by atoms with E-state index in [0.29, 0.717) is 24.3 Å². The highest BCUT2D eigenvalue weighted by atomic mass is 16.5. The number of rotatable bonds is 12.